The zero-order chi connectivity index (χ0) is 23.0. The minimum Gasteiger partial charge on any atom is -0.398 e. The fourth-order valence-electron chi connectivity index (χ4n) is 3.21. The van der Waals surface area contributed by atoms with Gasteiger partial charge >= 0.3 is 10.3 Å². The Labute approximate surface area is 181 Å². The van der Waals surface area contributed by atoms with E-state index >= 15 is 0 Å². The van der Waals surface area contributed by atoms with Gasteiger partial charge in [0.15, 0.2) is 17.7 Å². The van der Waals surface area contributed by atoms with Gasteiger partial charge in [-0.25, -0.2) is 19.7 Å². The van der Waals surface area contributed by atoms with Crippen molar-refractivity contribution in [3.8, 4) is 0 Å². The number of benzene rings is 1. The van der Waals surface area contributed by atoms with Crippen molar-refractivity contribution >= 4 is 38.9 Å². The third kappa shape index (κ3) is 4.06. The maximum absolute atomic E-state index is 12.2. The molecule has 15 heteroatoms. The summed E-state index contributed by atoms with van der Waals surface area (Å²) in [5, 5.41) is 20.7. The van der Waals surface area contributed by atoms with Gasteiger partial charge in [-0.3, -0.25) is 13.5 Å². The summed E-state index contributed by atoms with van der Waals surface area (Å²) in [5.74, 6) is -0.876. The van der Waals surface area contributed by atoms with Crippen molar-refractivity contribution in [2.75, 3.05) is 18.1 Å². The van der Waals surface area contributed by atoms with Crippen LogP contribution < -0.4 is 16.2 Å². The molecule has 3 heterocycles. The largest absolute Gasteiger partial charge is 0.398 e. The lowest BCUT2D eigenvalue weighted by Crippen LogP contribution is -2.38. The summed E-state index contributed by atoms with van der Waals surface area (Å²) in [4.78, 5) is 24.1. The van der Waals surface area contributed by atoms with Crippen molar-refractivity contribution in [3.63, 3.8) is 0 Å². The molecule has 4 atom stereocenters. The van der Waals surface area contributed by atoms with E-state index in [9.17, 15) is 23.4 Å². The third-order valence-corrected chi connectivity index (χ3v) is 5.69. The highest BCUT2D eigenvalue weighted by Crippen LogP contribution is 2.32. The van der Waals surface area contributed by atoms with Gasteiger partial charge in [0.2, 0.25) is 0 Å². The first-order chi connectivity index (χ1) is 15.2. The smallest absolute Gasteiger partial charge is 0.362 e. The molecule has 0 spiro atoms. The number of nitrogens with two attached hydrogens (primary N) is 2. The number of nitrogens with zero attached hydrogens (tertiary/aromatic N) is 4. The number of anilines is 2. The number of rotatable bonds is 6. The normalized spacial score (nSPS) is 23.4. The van der Waals surface area contributed by atoms with E-state index < -0.39 is 47.4 Å². The summed E-state index contributed by atoms with van der Waals surface area (Å²) in [7, 11) is -4.57. The number of hydrogen-bond donors (Lipinski definition) is 5. The van der Waals surface area contributed by atoms with E-state index in [4.69, 9.17) is 20.4 Å². The number of nitrogen functional groups attached to an aromatic ring is 2. The number of aromatic nitrogens is 4. The molecule has 4 rings (SSSR count). The van der Waals surface area contributed by atoms with Crippen LogP contribution in [0, 0.1) is 0 Å². The van der Waals surface area contributed by atoms with Gasteiger partial charge in [0, 0.05) is 5.69 Å². The Kier molecular flexibility index (Phi) is 5.66. The Morgan fingerprint density at radius 2 is 1.94 bits per heavy atom. The fraction of sp³-hybridized carbons (Fsp3) is 0.294. The number of carbonyl (C=O) groups excluding carboxylic acids is 1. The van der Waals surface area contributed by atoms with Crippen LogP contribution in [-0.2, 0) is 19.2 Å². The summed E-state index contributed by atoms with van der Waals surface area (Å²) >= 11 is 0. The molecule has 1 aliphatic rings. The lowest BCUT2D eigenvalue weighted by atomic mass is 10.1. The molecule has 1 aromatic carbocycles. The number of imidazole rings is 1. The topological polar surface area (TPSA) is 218 Å². The molecule has 7 N–H and O–H groups in total. The number of ether oxygens (including phenoxy) is 1. The van der Waals surface area contributed by atoms with E-state index in [0.717, 1.165) is 0 Å². The summed E-state index contributed by atoms with van der Waals surface area (Å²) in [6.45, 7) is -0.689. The number of hydrogen-bond acceptors (Lipinski definition) is 12. The monoisotopic (exact) mass is 465 g/mol. The molecule has 1 aliphatic heterocycles. The molecule has 3 aromatic rings. The van der Waals surface area contributed by atoms with E-state index in [1.54, 1.807) is 10.8 Å². The van der Waals surface area contributed by atoms with Crippen LogP contribution >= 0.6 is 0 Å². The lowest BCUT2D eigenvalue weighted by Gasteiger charge is -2.16. The summed E-state index contributed by atoms with van der Waals surface area (Å²) in [5.41, 5.74) is 11.9. The van der Waals surface area contributed by atoms with Crippen molar-refractivity contribution in [1.82, 2.24) is 24.2 Å². The predicted molar refractivity (Wildman–Crippen MR) is 109 cm³/mol. The van der Waals surface area contributed by atoms with Gasteiger partial charge in [-0.05, 0) is 12.1 Å². The first-order valence-corrected chi connectivity index (χ1v) is 10.6. The third-order valence-electron chi connectivity index (χ3n) is 4.81. The van der Waals surface area contributed by atoms with Crippen LogP contribution in [0.15, 0.2) is 36.9 Å². The summed E-state index contributed by atoms with van der Waals surface area (Å²) < 4.78 is 37.7. The molecule has 32 heavy (non-hydrogen) atoms. The predicted octanol–water partition coefficient (Wildman–Crippen LogP) is -1.70. The van der Waals surface area contributed by atoms with Gasteiger partial charge in [0.05, 0.1) is 18.5 Å². The van der Waals surface area contributed by atoms with E-state index in [0.29, 0.717) is 0 Å². The van der Waals surface area contributed by atoms with Crippen LogP contribution in [0.5, 0.6) is 0 Å². The second kappa shape index (κ2) is 8.29. The van der Waals surface area contributed by atoms with Crippen molar-refractivity contribution in [2.24, 2.45) is 0 Å². The molecule has 1 fully saturated rings. The Hall–Kier alpha value is -3.37. The first-order valence-electron chi connectivity index (χ1n) is 9.18. The maximum atomic E-state index is 12.2. The number of aliphatic hydroxyl groups is 2. The van der Waals surface area contributed by atoms with Gasteiger partial charge in [0.1, 0.15) is 30.2 Å². The van der Waals surface area contributed by atoms with E-state index in [1.165, 1.54) is 35.4 Å². The molecule has 2 unspecified atom stereocenters. The molecule has 0 aliphatic carbocycles. The number of nitrogens with one attached hydrogen (secondary N) is 1. The van der Waals surface area contributed by atoms with Crippen LogP contribution in [0.2, 0.25) is 0 Å². The fourth-order valence-corrected chi connectivity index (χ4v) is 3.92. The number of carbonyl (C=O) groups is 1. The van der Waals surface area contributed by atoms with Crippen molar-refractivity contribution in [3.05, 3.63) is 42.5 Å². The second-order valence-corrected chi connectivity index (χ2v) is 8.23. The molecule has 0 saturated carbocycles. The molecular formula is C17H19N7O7S. The van der Waals surface area contributed by atoms with Crippen molar-refractivity contribution in [1.29, 1.82) is 0 Å². The van der Waals surface area contributed by atoms with Gasteiger partial charge < -0.3 is 26.4 Å². The molecule has 2 aromatic heterocycles. The van der Waals surface area contributed by atoms with Gasteiger partial charge in [0.25, 0.3) is 5.91 Å². The SMILES string of the molecule is Nc1ccccc1C(=O)NS(=O)(=O)OC[C@H]1O[C@@H](n2cnc3c(N)ncnc32)C(O)C1O. The second-order valence-electron chi connectivity index (χ2n) is 6.89. The Balaban J connectivity index is 1.44. The Bertz CT molecular complexity index is 1270. The molecule has 0 bridgehead atoms. The average Bonchev–Trinajstić information content (AvgIpc) is 3.29. The minimum absolute atomic E-state index is 0.0550. The van der Waals surface area contributed by atoms with Crippen LogP contribution in [0.1, 0.15) is 16.6 Å². The minimum atomic E-state index is -4.57. The maximum Gasteiger partial charge on any atom is 0.362 e. The number of para-hydroxylation sites is 1. The molecular weight excluding hydrogens is 446 g/mol. The zero-order valence-electron chi connectivity index (χ0n) is 16.3. The van der Waals surface area contributed by atoms with Crippen LogP contribution in [0.25, 0.3) is 11.2 Å². The molecule has 170 valence electrons. The number of fused-ring (bicyclic) bond motifs is 1. The summed E-state index contributed by atoms with van der Waals surface area (Å²) in [6, 6.07) is 5.88. The highest BCUT2D eigenvalue weighted by molar-refractivity contribution is 7.85. The zero-order valence-corrected chi connectivity index (χ0v) is 17.1. The standard InChI is InChI=1S/C17H19N7O7S/c18-9-4-2-1-3-8(9)16(27)23-32(28,29)30-5-10-12(25)13(26)17(31-10)24-7-22-11-14(19)20-6-21-15(11)24/h1-4,6-7,10,12-13,17,25-26H,5,18H2,(H,23,27)(H2,19,20,21)/t10-,12?,13?,17-/m1/s1. The average molecular weight is 465 g/mol. The summed E-state index contributed by atoms with van der Waals surface area (Å²) in [6.07, 6.45) is -2.88. The van der Waals surface area contributed by atoms with Crippen molar-refractivity contribution in [2.45, 2.75) is 24.5 Å². The highest BCUT2D eigenvalue weighted by Gasteiger charge is 2.45. The lowest BCUT2D eigenvalue weighted by molar-refractivity contribution is -0.0468. The Morgan fingerprint density at radius 1 is 1.19 bits per heavy atom. The molecule has 14 nitrogen and oxygen atoms in total. The first kappa shape index (κ1) is 21.8. The van der Waals surface area contributed by atoms with E-state index in [1.807, 2.05) is 0 Å². The molecule has 1 amide bonds. The van der Waals surface area contributed by atoms with Crippen LogP contribution in [0.4, 0.5) is 11.5 Å². The quantitative estimate of drug-likeness (QED) is 0.257. The van der Waals surface area contributed by atoms with Crippen LogP contribution in [0.3, 0.4) is 0 Å². The molecule has 1 saturated heterocycles. The van der Waals surface area contributed by atoms with Crippen molar-refractivity contribution < 1.29 is 32.3 Å². The van der Waals surface area contributed by atoms with E-state index in [2.05, 4.69) is 15.0 Å². The highest BCUT2D eigenvalue weighted by atomic mass is 32.2. The van der Waals surface area contributed by atoms with Gasteiger partial charge in [-0.2, -0.15) is 8.42 Å². The van der Waals surface area contributed by atoms with Crippen LogP contribution in [-0.4, -0.2) is 69.0 Å². The van der Waals surface area contributed by atoms with E-state index in [-0.39, 0.29) is 28.2 Å². The molecule has 0 radical (unpaired) electrons. The van der Waals surface area contributed by atoms with Gasteiger partial charge in [-0.15, -0.1) is 0 Å². The van der Waals surface area contributed by atoms with Gasteiger partial charge in [-0.1, -0.05) is 12.1 Å². The number of amides is 1. The Morgan fingerprint density at radius 3 is 2.69 bits per heavy atom. The number of aliphatic hydroxyl groups excluding tert-OH is 2.